The van der Waals surface area contributed by atoms with E-state index in [9.17, 15) is 14.0 Å². The van der Waals surface area contributed by atoms with E-state index in [1.54, 1.807) is 11.6 Å². The highest BCUT2D eigenvalue weighted by molar-refractivity contribution is 6.33. The van der Waals surface area contributed by atoms with Crippen molar-refractivity contribution in [1.82, 2.24) is 9.36 Å². The van der Waals surface area contributed by atoms with Crippen molar-refractivity contribution in [3.05, 3.63) is 44.0 Å². The number of ether oxygens (including phenoxy) is 1. The van der Waals surface area contributed by atoms with Crippen LogP contribution in [-0.2, 0) is 29.0 Å². The summed E-state index contributed by atoms with van der Waals surface area (Å²) >= 11 is 18.6. The Kier molecular flexibility index (Phi) is 6.18. The van der Waals surface area contributed by atoms with Crippen LogP contribution in [0.2, 0.25) is 10.2 Å². The largest absolute Gasteiger partial charge is 0.465 e. The number of rotatable bonds is 5. The fraction of sp³-hybridized carbons (Fsp3) is 0.444. The molecule has 146 valence electrons. The molecule has 3 rings (SSSR count). The highest BCUT2D eigenvalue weighted by Gasteiger charge is 2.26. The zero-order valence-corrected chi connectivity index (χ0v) is 16.9. The summed E-state index contributed by atoms with van der Waals surface area (Å²) in [7, 11) is 0. The van der Waals surface area contributed by atoms with Crippen LogP contribution < -0.4 is 5.56 Å². The lowest BCUT2D eigenvalue weighted by molar-refractivity contribution is -0.142. The number of esters is 1. The van der Waals surface area contributed by atoms with Crippen LogP contribution in [0.5, 0.6) is 0 Å². The average molecular weight is 436 g/mol. The Bertz CT molecular complexity index is 939. The van der Waals surface area contributed by atoms with Crippen molar-refractivity contribution in [2.75, 3.05) is 6.61 Å². The Morgan fingerprint density at radius 3 is 2.56 bits per heavy atom. The van der Waals surface area contributed by atoms with Crippen molar-refractivity contribution in [3.8, 4) is 11.1 Å². The minimum atomic E-state index is -0.973. The molecule has 2 aromatic rings. The van der Waals surface area contributed by atoms with Gasteiger partial charge in [0.2, 0.25) is 0 Å². The van der Waals surface area contributed by atoms with Gasteiger partial charge in [-0.2, -0.15) is 0 Å². The monoisotopic (exact) mass is 434 g/mol. The van der Waals surface area contributed by atoms with Gasteiger partial charge in [-0.3, -0.25) is 14.3 Å². The highest BCUT2D eigenvalue weighted by atomic mass is 35.5. The van der Waals surface area contributed by atoms with Crippen LogP contribution in [0.25, 0.3) is 11.1 Å². The van der Waals surface area contributed by atoms with Gasteiger partial charge in [-0.15, -0.1) is 11.6 Å². The maximum Gasteiger partial charge on any atom is 0.324 e. The van der Waals surface area contributed by atoms with Gasteiger partial charge in [-0.1, -0.05) is 23.2 Å². The molecule has 0 saturated carbocycles. The molecular formula is C18H18Cl3FN2O3. The SMILES string of the molecule is CCOC(=O)C(Cl)Cc1cc(-c2c(Cl)n3n(c2=O)CCCC3)c(F)cc1Cl. The number of carbonyl (C=O) groups is 1. The van der Waals surface area contributed by atoms with E-state index in [1.807, 2.05) is 0 Å². The predicted octanol–water partition coefficient (Wildman–Crippen LogP) is 4.27. The maximum atomic E-state index is 14.6. The van der Waals surface area contributed by atoms with E-state index in [2.05, 4.69) is 0 Å². The molecule has 0 radical (unpaired) electrons. The molecule has 1 atom stereocenters. The second-order valence-corrected chi connectivity index (χ2v) is 7.56. The van der Waals surface area contributed by atoms with E-state index >= 15 is 0 Å². The first-order chi connectivity index (χ1) is 12.8. The van der Waals surface area contributed by atoms with Crippen LogP contribution in [0.15, 0.2) is 16.9 Å². The Morgan fingerprint density at radius 2 is 1.93 bits per heavy atom. The van der Waals surface area contributed by atoms with Crippen LogP contribution in [-0.4, -0.2) is 27.3 Å². The Morgan fingerprint density at radius 1 is 1.26 bits per heavy atom. The molecule has 9 heteroatoms. The zero-order chi connectivity index (χ0) is 19.7. The van der Waals surface area contributed by atoms with Gasteiger partial charge < -0.3 is 4.74 Å². The van der Waals surface area contributed by atoms with Crippen LogP contribution in [0, 0.1) is 5.82 Å². The third-order valence-corrected chi connectivity index (χ3v) is 5.58. The minimum absolute atomic E-state index is 0.0407. The molecule has 0 amide bonds. The number of hydrogen-bond acceptors (Lipinski definition) is 3. The molecule has 0 spiro atoms. The molecule has 1 aliphatic heterocycles. The lowest BCUT2D eigenvalue weighted by atomic mass is 10.0. The molecular weight excluding hydrogens is 418 g/mol. The van der Waals surface area contributed by atoms with Crippen molar-refractivity contribution >= 4 is 40.8 Å². The molecule has 5 nitrogen and oxygen atoms in total. The Labute approximate surface area is 170 Å². The molecule has 0 fully saturated rings. The number of halogens is 4. The number of benzene rings is 1. The van der Waals surface area contributed by atoms with Crippen molar-refractivity contribution in [2.24, 2.45) is 0 Å². The minimum Gasteiger partial charge on any atom is -0.465 e. The zero-order valence-electron chi connectivity index (χ0n) is 14.6. The van der Waals surface area contributed by atoms with E-state index in [-0.39, 0.29) is 39.9 Å². The summed E-state index contributed by atoms with van der Waals surface area (Å²) in [5, 5.41) is -0.661. The van der Waals surface area contributed by atoms with E-state index in [0.717, 1.165) is 18.9 Å². The summed E-state index contributed by atoms with van der Waals surface area (Å²) in [4.78, 5) is 24.5. The molecule has 0 saturated heterocycles. The van der Waals surface area contributed by atoms with Gasteiger partial charge in [0.25, 0.3) is 5.56 Å². The van der Waals surface area contributed by atoms with Crippen LogP contribution in [0.3, 0.4) is 0 Å². The number of aromatic nitrogens is 2. The Hall–Kier alpha value is -1.50. The lowest BCUT2D eigenvalue weighted by Gasteiger charge is -2.17. The molecule has 1 aromatic carbocycles. The van der Waals surface area contributed by atoms with E-state index in [0.29, 0.717) is 18.7 Å². The summed E-state index contributed by atoms with van der Waals surface area (Å²) in [5.41, 5.74) is 0.230. The van der Waals surface area contributed by atoms with Crippen molar-refractivity contribution < 1.29 is 13.9 Å². The standard InChI is InChI=1S/C18H18Cl3FN2O3/c1-2-27-18(26)13(20)8-10-7-11(14(22)9-12(10)19)15-16(21)23-5-3-4-6-24(23)17(15)25/h7,9,13H,2-6,8H2,1H3. The van der Waals surface area contributed by atoms with Crippen molar-refractivity contribution in [3.63, 3.8) is 0 Å². The number of nitrogens with zero attached hydrogens (tertiary/aromatic N) is 2. The fourth-order valence-corrected chi connectivity index (χ4v) is 4.02. The van der Waals surface area contributed by atoms with E-state index in [4.69, 9.17) is 39.5 Å². The summed E-state index contributed by atoms with van der Waals surface area (Å²) in [5.74, 6) is -1.24. The molecule has 27 heavy (non-hydrogen) atoms. The summed E-state index contributed by atoms with van der Waals surface area (Å²) < 4.78 is 22.7. The van der Waals surface area contributed by atoms with Gasteiger partial charge >= 0.3 is 5.97 Å². The Balaban J connectivity index is 2.04. The third kappa shape index (κ3) is 3.89. The van der Waals surface area contributed by atoms with Gasteiger partial charge in [-0.05, 0) is 37.5 Å². The van der Waals surface area contributed by atoms with E-state index < -0.39 is 17.2 Å². The third-order valence-electron chi connectivity index (χ3n) is 4.51. The van der Waals surface area contributed by atoms with Crippen molar-refractivity contribution in [2.45, 2.75) is 44.7 Å². The molecule has 0 N–H and O–H groups in total. The van der Waals surface area contributed by atoms with Crippen LogP contribution in [0.4, 0.5) is 4.39 Å². The fourth-order valence-electron chi connectivity index (χ4n) is 3.20. The number of fused-ring (bicyclic) bond motifs is 1. The van der Waals surface area contributed by atoms with Gasteiger partial charge in [0.05, 0.1) is 12.2 Å². The van der Waals surface area contributed by atoms with Gasteiger partial charge in [0.1, 0.15) is 16.3 Å². The van der Waals surface area contributed by atoms with Crippen molar-refractivity contribution in [1.29, 1.82) is 0 Å². The van der Waals surface area contributed by atoms with Gasteiger partial charge in [0.15, 0.2) is 0 Å². The quantitative estimate of drug-likeness (QED) is 0.520. The summed E-state index contributed by atoms with van der Waals surface area (Å²) in [6.45, 7) is 3.01. The van der Waals surface area contributed by atoms with Gasteiger partial charge in [-0.25, -0.2) is 9.07 Å². The topological polar surface area (TPSA) is 53.2 Å². The van der Waals surface area contributed by atoms with Crippen LogP contribution >= 0.6 is 34.8 Å². The first-order valence-corrected chi connectivity index (χ1v) is 9.82. The normalized spacial score (nSPS) is 14.7. The van der Waals surface area contributed by atoms with Gasteiger partial charge in [0, 0.05) is 30.1 Å². The smallest absolute Gasteiger partial charge is 0.324 e. The van der Waals surface area contributed by atoms with Crippen LogP contribution in [0.1, 0.15) is 25.3 Å². The van der Waals surface area contributed by atoms with E-state index in [1.165, 1.54) is 10.7 Å². The molecule has 0 bridgehead atoms. The first-order valence-electron chi connectivity index (χ1n) is 8.63. The lowest BCUT2D eigenvalue weighted by Crippen LogP contribution is -2.27. The molecule has 1 aliphatic rings. The summed E-state index contributed by atoms with van der Waals surface area (Å²) in [6, 6.07) is 2.54. The second-order valence-electron chi connectivity index (χ2n) is 6.27. The predicted molar refractivity (Wildman–Crippen MR) is 103 cm³/mol. The molecule has 2 heterocycles. The highest BCUT2D eigenvalue weighted by Crippen LogP contribution is 2.33. The number of alkyl halides is 1. The average Bonchev–Trinajstić information content (AvgIpc) is 2.89. The number of hydrogen-bond donors (Lipinski definition) is 0. The summed E-state index contributed by atoms with van der Waals surface area (Å²) in [6.07, 6.45) is 1.80. The molecule has 1 aromatic heterocycles. The number of carbonyl (C=O) groups excluding carboxylic acids is 1. The molecule has 0 aliphatic carbocycles. The first kappa shape index (κ1) is 20.2. The molecule has 1 unspecified atom stereocenters. The maximum absolute atomic E-state index is 14.6. The second kappa shape index (κ2) is 8.25.